The summed E-state index contributed by atoms with van der Waals surface area (Å²) in [6.07, 6.45) is 6.29. The number of rotatable bonds is 2. The zero-order valence-electron chi connectivity index (χ0n) is 29.4. The first-order chi connectivity index (χ1) is 23.7. The molecular weight excluding hydrogens is 680 g/mol. The predicted octanol–water partition coefficient (Wildman–Crippen LogP) is 6.87. The molecule has 7 rings (SSSR count). The maximum Gasteiger partial charge on any atom is 0.262 e. The van der Waals surface area contributed by atoms with Crippen LogP contribution in [0.5, 0.6) is 5.75 Å². The minimum Gasteiger partial charge on any atom is -0.490 e. The Bertz CT molecular complexity index is 1710. The summed E-state index contributed by atoms with van der Waals surface area (Å²) in [5, 5.41) is 13.0. The van der Waals surface area contributed by atoms with Gasteiger partial charge in [0.1, 0.15) is 5.75 Å². The number of halogens is 3. The van der Waals surface area contributed by atoms with E-state index in [1.54, 1.807) is 6.07 Å². The molecule has 1 saturated heterocycles. The molecule has 274 valence electrons. The Morgan fingerprint density at radius 1 is 1.06 bits per heavy atom. The van der Waals surface area contributed by atoms with E-state index in [2.05, 4.69) is 27.6 Å². The zero-order chi connectivity index (χ0) is 35.5. The van der Waals surface area contributed by atoms with Gasteiger partial charge < -0.3 is 19.6 Å². The summed E-state index contributed by atoms with van der Waals surface area (Å²) in [5.41, 5.74) is 2.35. The van der Waals surface area contributed by atoms with E-state index in [-0.39, 0.29) is 49.1 Å². The van der Waals surface area contributed by atoms with Crippen LogP contribution in [-0.4, -0.2) is 82.1 Å². The quantitative estimate of drug-likeness (QED) is 0.329. The molecule has 2 aromatic carbocycles. The van der Waals surface area contributed by atoms with Gasteiger partial charge in [0.2, 0.25) is 0 Å². The van der Waals surface area contributed by atoms with Crippen LogP contribution in [0.3, 0.4) is 0 Å². The van der Waals surface area contributed by atoms with Crippen LogP contribution in [0, 0.1) is 17.8 Å². The Morgan fingerprint density at radius 2 is 1.84 bits per heavy atom. The van der Waals surface area contributed by atoms with Gasteiger partial charge >= 0.3 is 0 Å². The van der Waals surface area contributed by atoms with Gasteiger partial charge in [-0.1, -0.05) is 31.0 Å². The highest BCUT2D eigenvalue weighted by atomic mass is 35.5. The fourth-order valence-electron chi connectivity index (χ4n) is 9.49. The Morgan fingerprint density at radius 3 is 2.58 bits per heavy atom. The first-order valence-corrected chi connectivity index (χ1v) is 20.7. The molecule has 3 aliphatic heterocycles. The average molecular weight is 732 g/mol. The number of aryl methyl sites for hydroxylation is 1. The van der Waals surface area contributed by atoms with Crippen molar-refractivity contribution < 1.29 is 27.6 Å². The number of hydrogen-bond donors (Lipinski definition) is 2. The van der Waals surface area contributed by atoms with Crippen molar-refractivity contribution in [2.75, 3.05) is 44.2 Å². The van der Waals surface area contributed by atoms with Crippen molar-refractivity contribution in [2.24, 2.45) is 17.8 Å². The summed E-state index contributed by atoms with van der Waals surface area (Å²) in [6.45, 7) is 6.62. The van der Waals surface area contributed by atoms with Gasteiger partial charge in [-0.15, -0.1) is 0 Å². The number of alkyl halides is 2. The molecule has 7 nitrogen and oxygen atoms in total. The first kappa shape index (κ1) is 36.0. The Hall–Kier alpha value is -2.40. The number of hydrogen-bond acceptors (Lipinski definition) is 6. The summed E-state index contributed by atoms with van der Waals surface area (Å²) in [4.78, 5) is 18.1. The zero-order valence-corrected chi connectivity index (χ0v) is 31.0. The van der Waals surface area contributed by atoms with E-state index in [4.69, 9.17) is 16.3 Å². The van der Waals surface area contributed by atoms with Gasteiger partial charge in [0.25, 0.3) is 11.8 Å². The number of β-amino-alcohol motifs (C(OH)–C–C–N with tert-alkyl or cyclic N) is 1. The maximum atomic E-state index is 14.1. The Balaban J connectivity index is 1.27. The highest BCUT2D eigenvalue weighted by Gasteiger charge is 2.50. The number of carbonyl (C=O) groups excluding carboxylic acids is 1. The van der Waals surface area contributed by atoms with E-state index >= 15 is 0 Å². The number of aliphatic hydroxyl groups is 1. The van der Waals surface area contributed by atoms with Crippen LogP contribution in [0.15, 0.2) is 36.4 Å². The minimum absolute atomic E-state index is 0.00450. The lowest BCUT2D eigenvalue weighted by Crippen LogP contribution is -2.58. The van der Waals surface area contributed by atoms with Crippen molar-refractivity contribution in [3.63, 3.8) is 0 Å². The molecule has 1 unspecified atom stereocenters. The summed E-state index contributed by atoms with van der Waals surface area (Å²) in [7, 11) is -3.00. The lowest BCUT2D eigenvalue weighted by Gasteiger charge is -2.52. The van der Waals surface area contributed by atoms with Gasteiger partial charge in [0.05, 0.1) is 27.6 Å². The van der Waals surface area contributed by atoms with E-state index in [1.165, 1.54) is 11.1 Å². The number of carbonyl (C=O) groups is 1. The van der Waals surface area contributed by atoms with Gasteiger partial charge in [0.15, 0.2) is 0 Å². The van der Waals surface area contributed by atoms with Gasteiger partial charge in [-0.3, -0.25) is 9.52 Å². The Labute approximate surface area is 301 Å². The summed E-state index contributed by atoms with van der Waals surface area (Å²) >= 11 is 6.46. The normalized spacial score (nSPS) is 36.3. The predicted molar refractivity (Wildman–Crippen MR) is 197 cm³/mol. The Kier molecular flexibility index (Phi) is 9.74. The molecule has 2 aromatic rings. The number of anilines is 1. The number of nitrogens with zero attached hydrogens (tertiary/aromatic N) is 2. The monoisotopic (exact) mass is 731 g/mol. The SMILES string of the molecule is C=S1(=O)NC(=O)c2ccc3c(c2)N(C[C@@H]2CC[C@H]2[C@](O)(CN2CCC(F)(F)CC2)CCC[C@H](C)[C@H]1C)C[C@@]1(CCCc2cc(Cl)ccc21)CO3. The van der Waals surface area contributed by atoms with E-state index in [9.17, 15) is 22.9 Å². The highest BCUT2D eigenvalue weighted by Crippen LogP contribution is 2.49. The van der Waals surface area contributed by atoms with Crippen molar-refractivity contribution in [1.82, 2.24) is 9.62 Å². The molecule has 11 heteroatoms. The second-order valence-corrected chi connectivity index (χ2v) is 19.0. The van der Waals surface area contributed by atoms with E-state index in [0.717, 1.165) is 42.8 Å². The van der Waals surface area contributed by atoms with Crippen LogP contribution in [0.1, 0.15) is 93.1 Å². The van der Waals surface area contributed by atoms with Crippen molar-refractivity contribution in [2.45, 2.75) is 100 Å². The number of amides is 1. The molecule has 3 heterocycles. The molecule has 2 fully saturated rings. The molecule has 5 aliphatic rings. The molecule has 1 spiro atoms. The lowest BCUT2D eigenvalue weighted by atomic mass is 9.62. The van der Waals surface area contributed by atoms with Crippen LogP contribution >= 0.6 is 11.6 Å². The summed E-state index contributed by atoms with van der Waals surface area (Å²) in [6, 6.07) is 11.6. The minimum atomic E-state index is -3.00. The third kappa shape index (κ3) is 7.03. The van der Waals surface area contributed by atoms with Crippen LogP contribution in [-0.2, 0) is 21.5 Å². The molecule has 50 heavy (non-hydrogen) atoms. The van der Waals surface area contributed by atoms with E-state index < -0.39 is 32.4 Å². The molecule has 1 saturated carbocycles. The number of nitrogens with one attached hydrogen (secondary N) is 1. The topological polar surface area (TPSA) is 82.1 Å². The number of ether oxygens (including phenoxy) is 1. The number of likely N-dealkylation sites (tertiary alicyclic amines) is 1. The highest BCUT2D eigenvalue weighted by molar-refractivity contribution is 7.99. The third-order valence-electron chi connectivity index (χ3n) is 12.9. The van der Waals surface area contributed by atoms with Crippen LogP contribution in [0.25, 0.3) is 0 Å². The second kappa shape index (κ2) is 13.5. The van der Waals surface area contributed by atoms with Crippen LogP contribution in [0.2, 0.25) is 5.02 Å². The van der Waals surface area contributed by atoms with Crippen LogP contribution in [0.4, 0.5) is 14.5 Å². The molecule has 0 aromatic heterocycles. The van der Waals surface area contributed by atoms with E-state index in [1.807, 2.05) is 36.9 Å². The van der Waals surface area contributed by atoms with Crippen molar-refractivity contribution in [1.29, 1.82) is 0 Å². The molecule has 1 amide bonds. The number of piperidine rings is 1. The standard InChI is InChI=1S/C39H52ClF2N3O4S/c1-26-6-4-15-38(47,24-44-18-16-39(41,42)17-19-44)33-11-8-30(33)22-45-23-37(14-5-7-28-20-31(40)10-12-32(28)37)25-49-35-13-9-29(21-34(35)45)36(46)43-50(3,48)27(26)2/h9-10,12-13,20-21,26-27,30,33,47H,3-8,11,14-19,22-25H2,1-2H3,(H,43,46,48)/t26-,27+,30-,33+,37-,38+,50?/m0/s1. The van der Waals surface area contributed by atoms with Crippen molar-refractivity contribution in [3.8, 4) is 5.75 Å². The van der Waals surface area contributed by atoms with Crippen molar-refractivity contribution >= 4 is 38.8 Å². The second-order valence-electron chi connectivity index (χ2n) is 16.2. The van der Waals surface area contributed by atoms with Crippen molar-refractivity contribution in [3.05, 3.63) is 58.1 Å². The van der Waals surface area contributed by atoms with Crippen LogP contribution < -0.4 is 14.4 Å². The summed E-state index contributed by atoms with van der Waals surface area (Å²) in [5.74, 6) is 1.76. The molecule has 2 aliphatic carbocycles. The van der Waals surface area contributed by atoms with Gasteiger partial charge in [-0.2, -0.15) is 0 Å². The first-order valence-electron chi connectivity index (χ1n) is 18.5. The molecule has 7 atom stereocenters. The maximum absolute atomic E-state index is 14.1. The number of fused-ring (bicyclic) bond motifs is 4. The molecule has 2 N–H and O–H groups in total. The van der Waals surface area contributed by atoms with Gasteiger partial charge in [-0.05, 0) is 117 Å². The van der Waals surface area contributed by atoms with Gasteiger partial charge in [-0.25, -0.2) is 13.0 Å². The fraction of sp³-hybridized carbons (Fsp3) is 0.641. The fourth-order valence-corrected chi connectivity index (χ4v) is 11.2. The average Bonchev–Trinajstić information content (AvgIpc) is 3.19. The number of benzene rings is 2. The van der Waals surface area contributed by atoms with Gasteiger partial charge in [0, 0.05) is 66.8 Å². The largest absolute Gasteiger partial charge is 0.490 e. The summed E-state index contributed by atoms with van der Waals surface area (Å²) < 4.78 is 51.6. The van der Waals surface area contributed by atoms with E-state index in [0.29, 0.717) is 56.8 Å². The molecule has 0 radical (unpaired) electrons. The lowest BCUT2D eigenvalue weighted by molar-refractivity contribution is -0.122. The molecule has 2 bridgehead atoms. The third-order valence-corrected chi connectivity index (χ3v) is 15.3. The smallest absolute Gasteiger partial charge is 0.262 e. The molecular formula is C39H52ClF2N3O4S.